The van der Waals surface area contributed by atoms with Crippen LogP contribution in [0.2, 0.25) is 5.02 Å². The lowest BCUT2D eigenvalue weighted by Crippen LogP contribution is -2.33. The first-order valence-corrected chi connectivity index (χ1v) is 6.86. The fourth-order valence-corrected chi connectivity index (χ4v) is 2.13. The minimum atomic E-state index is 0.0807. The third kappa shape index (κ3) is 3.70. The molecule has 0 unspecified atom stereocenters. The van der Waals surface area contributed by atoms with Gasteiger partial charge in [-0.1, -0.05) is 11.6 Å². The Hall–Kier alpha value is -1.56. The van der Waals surface area contributed by atoms with E-state index in [1.807, 2.05) is 11.8 Å². The number of likely N-dealkylation sites (tertiary alicyclic amines) is 1. The van der Waals surface area contributed by atoms with E-state index in [9.17, 15) is 4.79 Å². The topological polar surface area (TPSA) is 70.2 Å². The van der Waals surface area contributed by atoms with Gasteiger partial charge in [0, 0.05) is 19.6 Å². The van der Waals surface area contributed by atoms with Crippen LogP contribution in [0, 0.1) is 0 Å². The van der Waals surface area contributed by atoms with Crippen LogP contribution in [-0.4, -0.2) is 47.0 Å². The molecule has 19 heavy (non-hydrogen) atoms. The Bertz CT molecular complexity index is 448. The number of rotatable bonds is 5. The predicted octanol–water partition coefficient (Wildman–Crippen LogP) is 1.60. The van der Waals surface area contributed by atoms with Gasteiger partial charge in [-0.3, -0.25) is 4.79 Å². The number of aromatic nitrogens is 2. The molecule has 0 aliphatic carbocycles. The van der Waals surface area contributed by atoms with Crippen molar-refractivity contribution < 1.29 is 4.79 Å². The molecule has 1 fully saturated rings. The average molecular weight is 284 g/mol. The van der Waals surface area contributed by atoms with E-state index in [1.54, 1.807) is 0 Å². The minimum absolute atomic E-state index is 0.0807. The molecule has 2 heterocycles. The van der Waals surface area contributed by atoms with E-state index in [2.05, 4.69) is 20.6 Å². The number of carbonyl (C=O) groups is 1. The van der Waals surface area contributed by atoms with Crippen LogP contribution in [0.1, 0.15) is 19.8 Å². The molecule has 0 bridgehead atoms. The molecule has 1 amide bonds. The summed E-state index contributed by atoms with van der Waals surface area (Å²) in [7, 11) is 0. The number of anilines is 2. The Morgan fingerprint density at radius 3 is 2.84 bits per heavy atom. The first-order valence-electron chi connectivity index (χ1n) is 6.48. The van der Waals surface area contributed by atoms with Crippen molar-refractivity contribution in [1.82, 2.24) is 14.9 Å². The number of halogens is 1. The van der Waals surface area contributed by atoms with E-state index in [1.165, 1.54) is 6.20 Å². The van der Waals surface area contributed by atoms with Crippen molar-refractivity contribution in [2.75, 3.05) is 36.8 Å². The summed E-state index contributed by atoms with van der Waals surface area (Å²) in [5.74, 6) is 1.07. The van der Waals surface area contributed by atoms with E-state index in [4.69, 9.17) is 11.6 Å². The summed E-state index contributed by atoms with van der Waals surface area (Å²) >= 11 is 6.00. The number of nitrogens with zero attached hydrogens (tertiary/aromatic N) is 3. The zero-order valence-corrected chi connectivity index (χ0v) is 11.7. The van der Waals surface area contributed by atoms with Crippen molar-refractivity contribution >= 4 is 29.3 Å². The Morgan fingerprint density at radius 1 is 1.42 bits per heavy atom. The maximum absolute atomic E-state index is 11.9. The van der Waals surface area contributed by atoms with Crippen LogP contribution < -0.4 is 10.6 Å². The maximum atomic E-state index is 11.9. The summed E-state index contributed by atoms with van der Waals surface area (Å²) in [5.41, 5.74) is 0. The van der Waals surface area contributed by atoms with Gasteiger partial charge in [-0.2, -0.15) is 4.98 Å². The number of amides is 1. The largest absolute Gasteiger partial charge is 0.360 e. The normalized spacial score (nSPS) is 14.5. The van der Waals surface area contributed by atoms with Crippen molar-refractivity contribution in [2.45, 2.75) is 19.8 Å². The fraction of sp³-hybridized carbons (Fsp3) is 0.583. The maximum Gasteiger partial charge on any atom is 0.241 e. The van der Waals surface area contributed by atoms with Crippen molar-refractivity contribution in [3.05, 3.63) is 11.2 Å². The van der Waals surface area contributed by atoms with Gasteiger partial charge >= 0.3 is 0 Å². The summed E-state index contributed by atoms with van der Waals surface area (Å²) in [6.07, 6.45) is 3.70. The summed E-state index contributed by atoms with van der Waals surface area (Å²) in [5, 5.41) is 6.39. The molecule has 6 nitrogen and oxygen atoms in total. The highest BCUT2D eigenvalue weighted by Gasteiger charge is 2.17. The third-order valence-electron chi connectivity index (χ3n) is 2.94. The lowest BCUT2D eigenvalue weighted by atomic mass is 10.4. The van der Waals surface area contributed by atoms with Crippen LogP contribution in [0.15, 0.2) is 6.20 Å². The average Bonchev–Trinajstić information content (AvgIpc) is 2.93. The molecule has 1 aliphatic heterocycles. The Kier molecular flexibility index (Phi) is 4.79. The van der Waals surface area contributed by atoms with Crippen LogP contribution in [-0.2, 0) is 4.79 Å². The van der Waals surface area contributed by atoms with Gasteiger partial charge in [-0.15, -0.1) is 0 Å². The van der Waals surface area contributed by atoms with Gasteiger partial charge in [-0.25, -0.2) is 4.98 Å². The second kappa shape index (κ2) is 6.56. The monoisotopic (exact) mass is 283 g/mol. The lowest BCUT2D eigenvalue weighted by molar-refractivity contribution is -0.128. The van der Waals surface area contributed by atoms with Crippen molar-refractivity contribution in [3.63, 3.8) is 0 Å². The van der Waals surface area contributed by atoms with Crippen LogP contribution in [0.3, 0.4) is 0 Å². The molecular weight excluding hydrogens is 266 g/mol. The highest BCUT2D eigenvalue weighted by molar-refractivity contribution is 6.32. The quantitative estimate of drug-likeness (QED) is 0.859. The van der Waals surface area contributed by atoms with Crippen LogP contribution in [0.4, 0.5) is 11.8 Å². The molecule has 0 radical (unpaired) electrons. The first kappa shape index (κ1) is 13.9. The summed E-state index contributed by atoms with van der Waals surface area (Å²) < 4.78 is 0. The number of carbonyl (C=O) groups excluding carboxylic acids is 1. The predicted molar refractivity (Wildman–Crippen MR) is 75.5 cm³/mol. The molecule has 1 saturated heterocycles. The zero-order valence-electron chi connectivity index (χ0n) is 10.9. The van der Waals surface area contributed by atoms with Crippen molar-refractivity contribution in [2.24, 2.45) is 0 Å². The molecule has 1 aromatic heterocycles. The number of nitrogens with one attached hydrogen (secondary N) is 2. The smallest absolute Gasteiger partial charge is 0.241 e. The van der Waals surface area contributed by atoms with Gasteiger partial charge in [0.1, 0.15) is 5.02 Å². The Labute approximate surface area is 117 Å². The molecule has 7 heteroatoms. The Morgan fingerprint density at radius 2 is 2.16 bits per heavy atom. The first-order chi connectivity index (χ1) is 9.20. The Balaban J connectivity index is 1.94. The molecule has 2 N–H and O–H groups in total. The van der Waals surface area contributed by atoms with Gasteiger partial charge in [0.05, 0.1) is 12.7 Å². The third-order valence-corrected chi connectivity index (χ3v) is 3.22. The summed E-state index contributed by atoms with van der Waals surface area (Å²) in [4.78, 5) is 22.0. The highest BCUT2D eigenvalue weighted by Crippen LogP contribution is 2.19. The van der Waals surface area contributed by atoms with Gasteiger partial charge in [0.25, 0.3) is 0 Å². The molecule has 1 aliphatic rings. The molecule has 0 atom stereocenters. The van der Waals surface area contributed by atoms with Crippen molar-refractivity contribution in [3.8, 4) is 0 Å². The van der Waals surface area contributed by atoms with Crippen molar-refractivity contribution in [1.29, 1.82) is 0 Å². The lowest BCUT2D eigenvalue weighted by Gasteiger charge is -2.16. The molecule has 104 valence electrons. The van der Waals surface area contributed by atoms with Gasteiger partial charge in [-0.05, 0) is 19.8 Å². The van der Waals surface area contributed by atoms with Crippen LogP contribution >= 0.6 is 11.6 Å². The standard InChI is InChI=1S/C12H18ClN5O/c1-2-14-12-16-7-9(13)11(17-12)15-8-10(19)18-5-3-4-6-18/h7H,2-6,8H2,1H3,(H2,14,15,16,17). The van der Waals surface area contributed by atoms with Crippen LogP contribution in [0.5, 0.6) is 0 Å². The van der Waals surface area contributed by atoms with E-state index in [0.29, 0.717) is 16.8 Å². The minimum Gasteiger partial charge on any atom is -0.360 e. The van der Waals surface area contributed by atoms with Gasteiger partial charge in [0.2, 0.25) is 11.9 Å². The summed E-state index contributed by atoms with van der Waals surface area (Å²) in [6.45, 7) is 4.60. The second-order valence-electron chi connectivity index (χ2n) is 4.36. The fourth-order valence-electron chi connectivity index (χ4n) is 1.97. The number of hydrogen-bond acceptors (Lipinski definition) is 5. The molecule has 2 rings (SSSR count). The van der Waals surface area contributed by atoms with Crippen LogP contribution in [0.25, 0.3) is 0 Å². The second-order valence-corrected chi connectivity index (χ2v) is 4.77. The zero-order chi connectivity index (χ0) is 13.7. The van der Waals surface area contributed by atoms with E-state index in [0.717, 1.165) is 32.5 Å². The van der Waals surface area contributed by atoms with E-state index in [-0.39, 0.29) is 12.5 Å². The van der Waals surface area contributed by atoms with Gasteiger partial charge in [0.15, 0.2) is 5.82 Å². The molecule has 0 aromatic carbocycles. The molecule has 0 spiro atoms. The SMILES string of the molecule is CCNc1ncc(Cl)c(NCC(=O)N2CCCC2)n1. The highest BCUT2D eigenvalue weighted by atomic mass is 35.5. The van der Waals surface area contributed by atoms with E-state index < -0.39 is 0 Å². The summed E-state index contributed by atoms with van der Waals surface area (Å²) in [6, 6.07) is 0. The molecule has 1 aromatic rings. The van der Waals surface area contributed by atoms with E-state index >= 15 is 0 Å². The number of hydrogen-bond donors (Lipinski definition) is 2. The molecular formula is C12H18ClN5O. The molecule has 0 saturated carbocycles. The van der Waals surface area contributed by atoms with Gasteiger partial charge < -0.3 is 15.5 Å².